The molecule has 0 aliphatic rings. The quantitative estimate of drug-likeness (QED) is 0.219. The monoisotopic (exact) mass is 370 g/mol. The molecule has 0 saturated carbocycles. The van der Waals surface area contributed by atoms with E-state index in [1.54, 1.807) is 0 Å². The first-order valence-corrected chi connectivity index (χ1v) is 6.55. The number of aliphatic hydroxyl groups is 1. The van der Waals surface area contributed by atoms with Crippen molar-refractivity contribution >= 4 is 28.7 Å². The molecule has 0 amide bonds. The summed E-state index contributed by atoms with van der Waals surface area (Å²) in [7, 11) is 0. The molecule has 138 valence electrons. The minimum Gasteiger partial charge on any atom is -0.362 e. The number of carbonyl (C=O) groups excluding carboxylic acids is 3. The summed E-state index contributed by atoms with van der Waals surface area (Å²) < 4.78 is 0. The van der Waals surface area contributed by atoms with Crippen LogP contribution in [0.5, 0.6) is 0 Å². The highest BCUT2D eigenvalue weighted by molar-refractivity contribution is 6.13. The Morgan fingerprint density at radius 3 is 1.73 bits per heavy atom. The first-order chi connectivity index (χ1) is 12.4. The van der Waals surface area contributed by atoms with Crippen molar-refractivity contribution in [3.8, 4) is 0 Å². The maximum atomic E-state index is 11.8. The third-order valence-corrected chi connectivity index (χ3v) is 3.40. The maximum Gasteiger partial charge on any atom is 0.373 e. The molecule has 0 aliphatic heterocycles. The lowest BCUT2D eigenvalue weighted by molar-refractivity contribution is -0.338. The minimum atomic E-state index is -1.95. The van der Waals surface area contributed by atoms with Gasteiger partial charge in [0, 0.05) is 5.56 Å². The highest BCUT2D eigenvalue weighted by atomic mass is 17.1. The Labute approximate surface area is 142 Å². The summed E-state index contributed by atoms with van der Waals surface area (Å²) in [6.07, 6.45) is -1.95. The second-order valence-corrected chi connectivity index (χ2v) is 4.78. The minimum absolute atomic E-state index is 0.174. The van der Waals surface area contributed by atoms with Crippen molar-refractivity contribution in [1.82, 2.24) is 0 Å². The van der Waals surface area contributed by atoms with Crippen LogP contribution in [-0.4, -0.2) is 44.0 Å². The number of carbonyl (C=O) groups is 3. The molecule has 12 nitrogen and oxygen atoms in total. The van der Waals surface area contributed by atoms with Gasteiger partial charge in [0.05, 0.1) is 16.7 Å². The van der Waals surface area contributed by atoms with E-state index >= 15 is 0 Å². The van der Waals surface area contributed by atoms with Crippen molar-refractivity contribution in [3.63, 3.8) is 0 Å². The van der Waals surface area contributed by atoms with Gasteiger partial charge in [-0.1, -0.05) is 0 Å². The van der Waals surface area contributed by atoms with E-state index < -0.39 is 40.9 Å². The average Bonchev–Trinajstić information content (AvgIpc) is 2.69. The van der Waals surface area contributed by atoms with Gasteiger partial charge in [0.15, 0.2) is 0 Å². The smallest absolute Gasteiger partial charge is 0.362 e. The topological polar surface area (TPSA) is 189 Å². The molecule has 5 N–H and O–H groups in total. The number of aliphatic hydroxyl groups excluding tert-OH is 1. The molecule has 2 aromatic carbocycles. The highest BCUT2D eigenvalue weighted by Gasteiger charge is 2.24. The Balaban J connectivity index is 2.95. The molecule has 0 bridgehead atoms. The van der Waals surface area contributed by atoms with Gasteiger partial charge in [0.2, 0.25) is 6.29 Å². The van der Waals surface area contributed by atoms with Gasteiger partial charge in [0.25, 0.3) is 0 Å². The van der Waals surface area contributed by atoms with Crippen LogP contribution in [0, 0.1) is 0 Å². The molecule has 12 heteroatoms. The van der Waals surface area contributed by atoms with Crippen molar-refractivity contribution in [2.45, 2.75) is 6.29 Å². The largest absolute Gasteiger partial charge is 0.373 e. The molecule has 0 fully saturated rings. The fourth-order valence-electron chi connectivity index (χ4n) is 2.29. The Kier molecular flexibility index (Phi) is 5.78. The number of hydrogen-bond donors (Lipinski definition) is 5. The molecule has 2 rings (SSSR count). The van der Waals surface area contributed by atoms with E-state index in [0.717, 1.165) is 24.3 Å². The SMILES string of the molecule is O=C(OO)c1cc(C(=O)OO)c2cc(C(O)OO)cc(C(=O)OO)c2c1. The molecular formula is C14H10O12. The summed E-state index contributed by atoms with van der Waals surface area (Å²) in [6.45, 7) is 0. The lowest BCUT2D eigenvalue weighted by Crippen LogP contribution is -2.12. The molecule has 0 spiro atoms. The highest BCUT2D eigenvalue weighted by Crippen LogP contribution is 2.30. The van der Waals surface area contributed by atoms with Crippen molar-refractivity contribution in [2.24, 2.45) is 0 Å². The zero-order chi connectivity index (χ0) is 19.4. The number of rotatable bonds is 5. The van der Waals surface area contributed by atoms with Crippen molar-refractivity contribution in [1.29, 1.82) is 0 Å². The van der Waals surface area contributed by atoms with E-state index in [0.29, 0.717) is 0 Å². The summed E-state index contributed by atoms with van der Waals surface area (Å²) >= 11 is 0. The lowest BCUT2D eigenvalue weighted by Gasteiger charge is -2.14. The molecule has 1 atom stereocenters. The van der Waals surface area contributed by atoms with E-state index in [1.807, 2.05) is 0 Å². The number of benzene rings is 2. The first kappa shape index (κ1) is 19.2. The normalized spacial score (nSPS) is 11.7. The second-order valence-electron chi connectivity index (χ2n) is 4.78. The van der Waals surface area contributed by atoms with Crippen LogP contribution in [0.1, 0.15) is 42.9 Å². The van der Waals surface area contributed by atoms with Crippen molar-refractivity contribution in [3.05, 3.63) is 46.5 Å². The van der Waals surface area contributed by atoms with E-state index in [1.165, 1.54) is 0 Å². The van der Waals surface area contributed by atoms with Gasteiger partial charge in [0.1, 0.15) is 0 Å². The molecule has 0 saturated heterocycles. The molecule has 1 unspecified atom stereocenters. The predicted octanol–water partition coefficient (Wildman–Crippen LogP) is 1.21. The third kappa shape index (κ3) is 3.45. The summed E-state index contributed by atoms with van der Waals surface area (Å²) in [4.78, 5) is 49.6. The zero-order valence-corrected chi connectivity index (χ0v) is 12.5. The Bertz CT molecular complexity index is 874. The fraction of sp³-hybridized carbons (Fsp3) is 0.0714. The Morgan fingerprint density at radius 1 is 0.731 bits per heavy atom. The van der Waals surface area contributed by atoms with Gasteiger partial charge < -0.3 is 5.11 Å². The van der Waals surface area contributed by atoms with Gasteiger partial charge in [-0.2, -0.15) is 15.8 Å². The van der Waals surface area contributed by atoms with E-state index in [4.69, 9.17) is 21.0 Å². The third-order valence-electron chi connectivity index (χ3n) is 3.40. The van der Waals surface area contributed by atoms with Gasteiger partial charge in [-0.3, -0.25) is 14.7 Å². The van der Waals surface area contributed by atoms with Crippen LogP contribution >= 0.6 is 0 Å². The van der Waals surface area contributed by atoms with Crippen LogP contribution in [-0.2, 0) is 19.6 Å². The zero-order valence-electron chi connectivity index (χ0n) is 12.5. The van der Waals surface area contributed by atoms with Gasteiger partial charge >= 0.3 is 17.9 Å². The summed E-state index contributed by atoms with van der Waals surface area (Å²) in [6, 6.07) is 3.82. The van der Waals surface area contributed by atoms with E-state index in [-0.39, 0.29) is 16.3 Å². The molecular weight excluding hydrogens is 360 g/mol. The summed E-state index contributed by atoms with van der Waals surface area (Å²) in [5.41, 5.74) is -1.66. The second kappa shape index (κ2) is 7.83. The first-order valence-electron chi connectivity index (χ1n) is 6.55. The summed E-state index contributed by atoms with van der Waals surface area (Å²) in [5, 5.41) is 43.5. The maximum absolute atomic E-state index is 11.8. The van der Waals surface area contributed by atoms with Crippen molar-refractivity contribution < 1.29 is 60.1 Å². The Morgan fingerprint density at radius 2 is 1.23 bits per heavy atom. The molecule has 0 heterocycles. The van der Waals surface area contributed by atoms with Crippen molar-refractivity contribution in [2.75, 3.05) is 0 Å². The lowest BCUT2D eigenvalue weighted by atomic mass is 9.94. The molecule has 0 radical (unpaired) electrons. The number of fused-ring (bicyclic) bond motifs is 1. The van der Waals surface area contributed by atoms with Crippen LogP contribution < -0.4 is 0 Å². The predicted molar refractivity (Wildman–Crippen MR) is 76.8 cm³/mol. The fourth-order valence-corrected chi connectivity index (χ4v) is 2.29. The standard InChI is InChI=1S/C14H10O12/c15-11(23-19)5-1-7-8(10(3-5)14(18)26-22)2-6(12(16)24-20)4-9(7)13(17)25-21/h1-4,11,15,19-22H. The van der Waals surface area contributed by atoms with Crippen LogP contribution in [0.25, 0.3) is 10.8 Å². The molecule has 0 aliphatic carbocycles. The van der Waals surface area contributed by atoms with Crippen LogP contribution in [0.3, 0.4) is 0 Å². The van der Waals surface area contributed by atoms with Crippen LogP contribution in [0.2, 0.25) is 0 Å². The van der Waals surface area contributed by atoms with Gasteiger partial charge in [-0.25, -0.2) is 24.5 Å². The Hall–Kier alpha value is -3.13. The number of hydrogen-bond acceptors (Lipinski definition) is 12. The van der Waals surface area contributed by atoms with Crippen LogP contribution in [0.15, 0.2) is 24.3 Å². The summed E-state index contributed by atoms with van der Waals surface area (Å²) in [5.74, 6) is -4.05. The molecule has 0 aromatic heterocycles. The molecule has 2 aromatic rings. The van der Waals surface area contributed by atoms with Gasteiger partial charge in [-0.05, 0) is 35.0 Å². The van der Waals surface area contributed by atoms with Crippen LogP contribution in [0.4, 0.5) is 0 Å². The molecule has 26 heavy (non-hydrogen) atoms. The average molecular weight is 370 g/mol. The van der Waals surface area contributed by atoms with E-state index in [2.05, 4.69) is 19.6 Å². The van der Waals surface area contributed by atoms with Gasteiger partial charge in [-0.15, -0.1) is 0 Å². The van der Waals surface area contributed by atoms with E-state index in [9.17, 15) is 19.5 Å².